The van der Waals surface area contributed by atoms with Crippen molar-refractivity contribution in [1.29, 1.82) is 0 Å². The van der Waals surface area contributed by atoms with E-state index in [2.05, 4.69) is 11.9 Å². The molecule has 1 saturated heterocycles. The molecule has 0 radical (unpaired) electrons. The molecule has 0 bridgehead atoms. The summed E-state index contributed by atoms with van der Waals surface area (Å²) < 4.78 is 5.33. The van der Waals surface area contributed by atoms with Crippen LogP contribution in [0.3, 0.4) is 0 Å². The zero-order chi connectivity index (χ0) is 31.9. The van der Waals surface area contributed by atoms with Crippen molar-refractivity contribution in [3.63, 3.8) is 0 Å². The number of hydrogen-bond acceptors (Lipinski definition) is 14. The Morgan fingerprint density at radius 1 is 1.00 bits per heavy atom. The maximum Gasteiger partial charge on any atom is 0.283 e. The Bertz CT molecular complexity index is 1440. The number of rotatable bonds is 10. The molecule has 16 heteroatoms. The number of aromatic hydroxyl groups is 4. The summed E-state index contributed by atoms with van der Waals surface area (Å²) in [4.78, 5) is 28.4. The molecular weight excluding hydrogens is 572 g/mol. The maximum atomic E-state index is 13.4. The predicted octanol–water partition coefficient (Wildman–Crippen LogP) is -2.11. The second-order valence-electron chi connectivity index (χ2n) is 10.2. The van der Waals surface area contributed by atoms with Gasteiger partial charge in [-0.05, 0) is 18.2 Å². The van der Waals surface area contributed by atoms with Crippen LogP contribution in [0.15, 0.2) is 30.9 Å². The Morgan fingerprint density at radius 3 is 2.19 bits per heavy atom. The average molecular weight is 607 g/mol. The molecule has 1 unspecified atom stereocenters. The molecule has 234 valence electrons. The van der Waals surface area contributed by atoms with Gasteiger partial charge < -0.3 is 61.3 Å². The minimum atomic E-state index is -4.07. The van der Waals surface area contributed by atoms with E-state index in [0.717, 1.165) is 7.05 Å². The van der Waals surface area contributed by atoms with Crippen LogP contribution >= 0.6 is 0 Å². The van der Waals surface area contributed by atoms with Gasteiger partial charge in [-0.2, -0.15) is 0 Å². The van der Waals surface area contributed by atoms with Gasteiger partial charge in [-0.1, -0.05) is 12.6 Å². The monoisotopic (exact) mass is 606 g/mol. The van der Waals surface area contributed by atoms with Crippen LogP contribution in [0.5, 0.6) is 23.0 Å². The van der Waals surface area contributed by atoms with Crippen LogP contribution in [0.2, 0.25) is 0 Å². The summed E-state index contributed by atoms with van der Waals surface area (Å²) in [6, 6.07) is 4.24. The zero-order valence-corrected chi connectivity index (χ0v) is 23.1. The number of phenolic OH excluding ortho intramolecular Hbond substituents is 4. The van der Waals surface area contributed by atoms with Gasteiger partial charge in [0.05, 0.1) is 19.8 Å². The molecule has 11 N–H and O–H groups in total. The topological polar surface area (TPSA) is 256 Å². The third-order valence-electron chi connectivity index (χ3n) is 7.74. The molecule has 2 aromatic rings. The Labute approximate surface area is 244 Å². The van der Waals surface area contributed by atoms with Crippen molar-refractivity contribution in [3.05, 3.63) is 53.1 Å². The zero-order valence-electron chi connectivity index (χ0n) is 23.1. The minimum absolute atomic E-state index is 0.0148. The van der Waals surface area contributed by atoms with E-state index in [1.165, 1.54) is 18.2 Å². The number of nitrogens with one attached hydrogen (secondary N) is 2. The molecular formula is C27H34N4O12. The van der Waals surface area contributed by atoms with Crippen LogP contribution in [0.4, 0.5) is 5.69 Å². The fourth-order valence-electron chi connectivity index (χ4n) is 5.13. The molecule has 43 heavy (non-hydrogen) atoms. The number of likely N-dealkylation sites (N-methyl/N-ethyl adjacent to an activating group) is 1. The highest BCUT2D eigenvalue weighted by Crippen LogP contribution is 2.48. The van der Waals surface area contributed by atoms with Crippen molar-refractivity contribution in [2.75, 3.05) is 38.7 Å². The largest absolute Gasteiger partial charge is 0.504 e. The summed E-state index contributed by atoms with van der Waals surface area (Å²) in [5.74, 6) is -13.6. The molecule has 0 aromatic heterocycles. The Hall–Kier alpha value is -4.16. The number of amides is 2. The summed E-state index contributed by atoms with van der Waals surface area (Å²) in [5.41, 5.74) is -3.30. The lowest BCUT2D eigenvalue weighted by molar-refractivity contribution is -0.401. The van der Waals surface area contributed by atoms with Gasteiger partial charge in [-0.25, -0.2) is 0 Å². The molecule has 16 nitrogen and oxygen atoms in total. The second kappa shape index (κ2) is 11.5. The quantitative estimate of drug-likeness (QED) is 0.0599. The molecule has 2 aliphatic rings. The number of anilines is 1. The van der Waals surface area contributed by atoms with Gasteiger partial charge in [0, 0.05) is 61.2 Å². The Balaban J connectivity index is 1.71. The normalized spacial score (nSPS) is 17.3. The molecule has 1 fully saturated rings. The molecule has 0 saturated carbocycles. The number of morpholine rings is 1. The van der Waals surface area contributed by atoms with Gasteiger partial charge in [0.1, 0.15) is 0 Å². The first-order valence-electron chi connectivity index (χ1n) is 13.1. The van der Waals surface area contributed by atoms with E-state index in [-0.39, 0.29) is 47.1 Å². The molecule has 2 aromatic carbocycles. The molecule has 4 rings (SSSR count). The highest BCUT2D eigenvalue weighted by atomic mass is 16.6. The molecule has 2 aliphatic heterocycles. The molecule has 1 atom stereocenters. The number of benzene rings is 2. The lowest BCUT2D eigenvalue weighted by atomic mass is 9.91. The fourth-order valence-corrected chi connectivity index (χ4v) is 5.13. The van der Waals surface area contributed by atoms with Crippen molar-refractivity contribution in [3.8, 4) is 23.0 Å². The first-order valence-corrected chi connectivity index (χ1v) is 13.1. The van der Waals surface area contributed by atoms with E-state index in [1.807, 2.05) is 10.2 Å². The SMILES string of the molecule is C=CC(O)(O)C(O)(O)C(O)(C(=O)NC)N1Cc2c(NCc3c(O)c(O)c(O)c(O)c3CN3CCOCC3)cccc2C1=O. The third kappa shape index (κ3) is 5.08. The van der Waals surface area contributed by atoms with E-state index in [1.54, 1.807) is 0 Å². The predicted molar refractivity (Wildman–Crippen MR) is 146 cm³/mol. The highest BCUT2D eigenvalue weighted by molar-refractivity contribution is 6.03. The van der Waals surface area contributed by atoms with Crippen LogP contribution in [-0.4, -0.2) is 118 Å². The van der Waals surface area contributed by atoms with Crippen molar-refractivity contribution in [2.24, 2.45) is 0 Å². The van der Waals surface area contributed by atoms with Crippen LogP contribution in [0.1, 0.15) is 27.0 Å². The molecule has 0 aliphatic carbocycles. The van der Waals surface area contributed by atoms with Crippen molar-refractivity contribution < 1.29 is 60.3 Å². The first kappa shape index (κ1) is 31.8. The van der Waals surface area contributed by atoms with Crippen molar-refractivity contribution in [1.82, 2.24) is 15.1 Å². The molecule has 2 heterocycles. The molecule has 0 spiro atoms. The first-order chi connectivity index (χ1) is 20.1. The number of fused-ring (bicyclic) bond motifs is 1. The number of phenols is 4. The van der Waals surface area contributed by atoms with Gasteiger partial charge in [-0.3, -0.25) is 19.4 Å². The summed E-state index contributed by atoms with van der Waals surface area (Å²) in [6.45, 7) is 4.08. The van der Waals surface area contributed by atoms with E-state index in [9.17, 15) is 55.5 Å². The third-order valence-corrected chi connectivity index (χ3v) is 7.74. The van der Waals surface area contributed by atoms with Gasteiger partial charge in [0.25, 0.3) is 23.3 Å². The number of carbonyl (C=O) groups excluding carboxylic acids is 2. The summed E-state index contributed by atoms with van der Waals surface area (Å²) in [6.07, 6.45) is 0.255. The standard InChI is InChI=1S/C27H34N4O12/c1-3-25(38,39)27(41,42)26(40,24(37)28-2)31-13-16-14(23(31)36)5-4-6-18(16)29-11-15-17(12-30-7-9-43-10-8-30)20(33)22(35)21(34)19(15)32/h3-6,29,32-35,38-42H,1,7-13H2,2H3,(H,28,37). The van der Waals surface area contributed by atoms with Crippen LogP contribution in [-0.2, 0) is 29.2 Å². The van der Waals surface area contributed by atoms with Gasteiger partial charge in [0.15, 0.2) is 11.5 Å². The van der Waals surface area contributed by atoms with E-state index >= 15 is 0 Å². The molecule has 2 amide bonds. The van der Waals surface area contributed by atoms with E-state index in [4.69, 9.17) is 4.74 Å². The van der Waals surface area contributed by atoms with Crippen LogP contribution in [0, 0.1) is 0 Å². The van der Waals surface area contributed by atoms with E-state index in [0.29, 0.717) is 31.2 Å². The number of aliphatic hydroxyl groups is 5. The Kier molecular flexibility index (Phi) is 8.49. The van der Waals surface area contributed by atoms with Crippen molar-refractivity contribution >= 4 is 17.5 Å². The lowest BCUT2D eigenvalue weighted by Crippen LogP contribution is -2.78. The van der Waals surface area contributed by atoms with Gasteiger partial charge >= 0.3 is 0 Å². The summed E-state index contributed by atoms with van der Waals surface area (Å²) in [7, 11) is 1.01. The van der Waals surface area contributed by atoms with Crippen LogP contribution < -0.4 is 10.6 Å². The number of ether oxygens (including phenoxy) is 1. The number of carbonyl (C=O) groups is 2. The highest BCUT2D eigenvalue weighted by Gasteiger charge is 2.69. The van der Waals surface area contributed by atoms with Gasteiger partial charge in [-0.15, -0.1) is 0 Å². The Morgan fingerprint density at radius 2 is 1.60 bits per heavy atom. The maximum absolute atomic E-state index is 13.4. The minimum Gasteiger partial charge on any atom is -0.504 e. The average Bonchev–Trinajstić information content (AvgIpc) is 3.35. The van der Waals surface area contributed by atoms with Crippen molar-refractivity contribution in [2.45, 2.75) is 36.9 Å². The number of nitrogens with zero attached hydrogens (tertiary/aromatic N) is 2. The second-order valence-corrected chi connectivity index (χ2v) is 10.2. The lowest BCUT2D eigenvalue weighted by Gasteiger charge is -2.47. The summed E-state index contributed by atoms with van der Waals surface area (Å²) >= 11 is 0. The number of hydrogen-bond donors (Lipinski definition) is 11. The summed E-state index contributed by atoms with van der Waals surface area (Å²) in [5, 5.41) is 99.6. The fraction of sp³-hybridized carbons (Fsp3) is 0.407. The van der Waals surface area contributed by atoms with E-state index < -0.39 is 58.7 Å². The smallest absolute Gasteiger partial charge is 0.283 e. The van der Waals surface area contributed by atoms with Gasteiger partial charge in [0.2, 0.25) is 17.3 Å². The van der Waals surface area contributed by atoms with Crippen LogP contribution in [0.25, 0.3) is 0 Å².